The molecule has 112 valence electrons. The Morgan fingerprint density at radius 3 is 2.25 bits per heavy atom. The second-order valence-electron chi connectivity index (χ2n) is 4.69. The van der Waals surface area contributed by atoms with Crippen LogP contribution < -0.4 is 5.73 Å². The van der Waals surface area contributed by atoms with Crippen molar-refractivity contribution < 1.29 is 8.42 Å². The number of nitrogens with two attached hydrogens (primary N) is 1. The van der Waals surface area contributed by atoms with Gasteiger partial charge in [-0.05, 0) is 25.0 Å². The third-order valence-electron chi connectivity index (χ3n) is 3.03. The first-order valence-electron chi connectivity index (χ1n) is 6.66. The van der Waals surface area contributed by atoms with Crippen LogP contribution in [0.15, 0.2) is 29.3 Å². The Balaban J connectivity index is 2.90. The lowest BCUT2D eigenvalue weighted by molar-refractivity contribution is 0.458. The van der Waals surface area contributed by atoms with E-state index in [-0.39, 0.29) is 5.75 Å². The first kappa shape index (κ1) is 16.5. The minimum Gasteiger partial charge on any atom is -0.370 e. The number of sulfone groups is 1. The number of hydrogen-bond acceptors (Lipinski definition) is 3. The topological polar surface area (TPSA) is 75.8 Å². The van der Waals surface area contributed by atoms with Crippen LogP contribution in [0.4, 0.5) is 0 Å². The molecule has 1 rings (SSSR count). The third kappa shape index (κ3) is 5.21. The van der Waals surface area contributed by atoms with Crippen molar-refractivity contribution in [3.63, 3.8) is 0 Å². The van der Waals surface area contributed by atoms with Crippen molar-refractivity contribution in [3.8, 4) is 0 Å². The van der Waals surface area contributed by atoms with Gasteiger partial charge in [-0.1, -0.05) is 24.3 Å². The second-order valence-corrected chi connectivity index (χ2v) is 6.83. The van der Waals surface area contributed by atoms with Crippen LogP contribution in [0.3, 0.4) is 0 Å². The summed E-state index contributed by atoms with van der Waals surface area (Å²) in [7, 11) is -3.05. The van der Waals surface area contributed by atoms with Crippen LogP contribution >= 0.6 is 0 Å². The van der Waals surface area contributed by atoms with Crippen molar-refractivity contribution in [3.05, 3.63) is 35.4 Å². The Morgan fingerprint density at radius 1 is 1.20 bits per heavy atom. The molecule has 5 nitrogen and oxygen atoms in total. The molecule has 1 aromatic rings. The van der Waals surface area contributed by atoms with Crippen LogP contribution in [0, 0.1) is 0 Å². The normalized spacial score (nSPS) is 12.4. The van der Waals surface area contributed by atoms with Crippen LogP contribution in [-0.2, 0) is 22.1 Å². The quantitative estimate of drug-likeness (QED) is 0.636. The lowest BCUT2D eigenvalue weighted by Gasteiger charge is -2.19. The molecule has 0 saturated carbocycles. The molecule has 20 heavy (non-hydrogen) atoms. The average molecular weight is 297 g/mol. The maximum absolute atomic E-state index is 11.4. The number of guanidine groups is 1. The summed E-state index contributed by atoms with van der Waals surface area (Å²) in [5, 5.41) is 0. The molecule has 0 saturated heterocycles. The lowest BCUT2D eigenvalue weighted by atomic mass is 10.1. The molecule has 0 aliphatic rings. The number of nitrogens with zero attached hydrogens (tertiary/aromatic N) is 2. The van der Waals surface area contributed by atoms with Crippen molar-refractivity contribution in [2.24, 2.45) is 10.7 Å². The van der Waals surface area contributed by atoms with Crippen molar-refractivity contribution in [1.29, 1.82) is 0 Å². The summed E-state index contributed by atoms with van der Waals surface area (Å²) in [6.45, 7) is 6.04. The maximum atomic E-state index is 11.4. The third-order valence-corrected chi connectivity index (χ3v) is 3.87. The molecule has 0 heterocycles. The molecule has 0 radical (unpaired) electrons. The summed E-state index contributed by atoms with van der Waals surface area (Å²) in [4.78, 5) is 6.31. The van der Waals surface area contributed by atoms with E-state index < -0.39 is 9.84 Å². The zero-order valence-corrected chi connectivity index (χ0v) is 13.2. The van der Waals surface area contributed by atoms with Gasteiger partial charge in [0.1, 0.15) is 0 Å². The number of rotatable bonds is 6. The molecular weight excluding hydrogens is 274 g/mol. The molecule has 0 aliphatic carbocycles. The molecule has 6 heteroatoms. The van der Waals surface area contributed by atoms with E-state index in [0.29, 0.717) is 12.5 Å². The number of aliphatic imine (C=N–C) groups is 1. The molecule has 0 atom stereocenters. The van der Waals surface area contributed by atoms with Gasteiger partial charge in [-0.15, -0.1) is 0 Å². The predicted octanol–water partition coefficient (Wildman–Crippen LogP) is 1.39. The lowest BCUT2D eigenvalue weighted by Crippen LogP contribution is -2.37. The summed E-state index contributed by atoms with van der Waals surface area (Å²) in [6, 6.07) is 7.42. The van der Waals surface area contributed by atoms with Gasteiger partial charge >= 0.3 is 0 Å². The van der Waals surface area contributed by atoms with Gasteiger partial charge in [0.2, 0.25) is 0 Å². The van der Waals surface area contributed by atoms with Gasteiger partial charge in [-0.25, -0.2) is 13.4 Å². The Kier molecular flexibility index (Phi) is 6.01. The molecule has 0 aliphatic heterocycles. The first-order valence-corrected chi connectivity index (χ1v) is 8.72. The van der Waals surface area contributed by atoms with Crippen molar-refractivity contribution in [1.82, 2.24) is 4.90 Å². The fourth-order valence-electron chi connectivity index (χ4n) is 1.95. The van der Waals surface area contributed by atoms with Gasteiger partial charge in [-0.3, -0.25) is 0 Å². The highest BCUT2D eigenvalue weighted by Crippen LogP contribution is 2.13. The van der Waals surface area contributed by atoms with E-state index in [1.165, 1.54) is 6.26 Å². The molecule has 2 N–H and O–H groups in total. The molecule has 0 bridgehead atoms. The Hall–Kier alpha value is -1.56. The van der Waals surface area contributed by atoms with Crippen LogP contribution in [0.2, 0.25) is 0 Å². The maximum Gasteiger partial charge on any atom is 0.191 e. The smallest absolute Gasteiger partial charge is 0.191 e. The van der Waals surface area contributed by atoms with E-state index in [4.69, 9.17) is 5.73 Å². The van der Waals surface area contributed by atoms with Crippen LogP contribution in [0.5, 0.6) is 0 Å². The monoisotopic (exact) mass is 297 g/mol. The van der Waals surface area contributed by atoms with Gasteiger partial charge in [0.15, 0.2) is 15.8 Å². The fraction of sp³-hybridized carbons (Fsp3) is 0.500. The van der Waals surface area contributed by atoms with Crippen LogP contribution in [0.25, 0.3) is 0 Å². The van der Waals surface area contributed by atoms with Gasteiger partial charge in [-0.2, -0.15) is 0 Å². The van der Waals surface area contributed by atoms with Gasteiger partial charge in [0.05, 0.1) is 12.3 Å². The Morgan fingerprint density at radius 2 is 1.75 bits per heavy atom. The largest absolute Gasteiger partial charge is 0.370 e. The molecule has 0 amide bonds. The van der Waals surface area contributed by atoms with E-state index in [1.54, 1.807) is 0 Å². The predicted molar refractivity (Wildman–Crippen MR) is 83.2 cm³/mol. The van der Waals surface area contributed by atoms with Crippen LogP contribution in [0.1, 0.15) is 25.0 Å². The Labute approximate surface area is 121 Å². The second kappa shape index (κ2) is 7.28. The van der Waals surface area contributed by atoms with E-state index >= 15 is 0 Å². The van der Waals surface area contributed by atoms with Crippen LogP contribution in [-0.4, -0.2) is 38.6 Å². The standard InChI is InChI=1S/C14H23N3O2S/c1-4-17(5-2)14(15)16-10-12-8-6-7-9-13(12)11-20(3,18)19/h6-9H,4-5,10-11H2,1-3H3,(H2,15,16). The van der Waals surface area contributed by atoms with Gasteiger partial charge < -0.3 is 10.6 Å². The number of hydrogen-bond donors (Lipinski definition) is 1. The summed E-state index contributed by atoms with van der Waals surface area (Å²) in [5.74, 6) is 0.522. The van der Waals surface area contributed by atoms with Crippen molar-refractivity contribution in [2.75, 3.05) is 19.3 Å². The van der Waals surface area contributed by atoms with E-state index in [1.807, 2.05) is 43.0 Å². The van der Waals surface area contributed by atoms with Gasteiger partial charge in [0, 0.05) is 19.3 Å². The fourth-order valence-corrected chi connectivity index (χ4v) is 2.80. The SMILES string of the molecule is CCN(CC)C(N)=NCc1ccccc1CS(C)(=O)=O. The molecule has 0 aromatic heterocycles. The van der Waals surface area contributed by atoms with Crippen molar-refractivity contribution >= 4 is 15.8 Å². The average Bonchev–Trinajstić information content (AvgIpc) is 2.37. The molecular formula is C14H23N3O2S. The number of benzene rings is 1. The summed E-state index contributed by atoms with van der Waals surface area (Å²) in [6.07, 6.45) is 1.23. The zero-order chi connectivity index (χ0) is 15.2. The van der Waals surface area contributed by atoms with Crippen molar-refractivity contribution in [2.45, 2.75) is 26.1 Å². The highest BCUT2D eigenvalue weighted by molar-refractivity contribution is 7.89. The minimum absolute atomic E-state index is 0.0316. The minimum atomic E-state index is -3.05. The van der Waals surface area contributed by atoms with E-state index in [0.717, 1.165) is 24.2 Å². The summed E-state index contributed by atoms with van der Waals surface area (Å²) in [5.41, 5.74) is 7.60. The van der Waals surface area contributed by atoms with E-state index in [2.05, 4.69) is 4.99 Å². The molecule has 0 spiro atoms. The molecule has 1 aromatic carbocycles. The Bertz CT molecular complexity index is 564. The highest BCUT2D eigenvalue weighted by Gasteiger charge is 2.09. The van der Waals surface area contributed by atoms with E-state index in [9.17, 15) is 8.42 Å². The van der Waals surface area contributed by atoms with Gasteiger partial charge in [0.25, 0.3) is 0 Å². The highest BCUT2D eigenvalue weighted by atomic mass is 32.2. The molecule has 0 fully saturated rings. The summed E-state index contributed by atoms with van der Waals surface area (Å²) < 4.78 is 22.8. The first-order chi connectivity index (χ1) is 9.37. The molecule has 0 unspecified atom stereocenters. The summed E-state index contributed by atoms with van der Waals surface area (Å²) >= 11 is 0. The zero-order valence-electron chi connectivity index (χ0n) is 12.3.